The van der Waals surface area contributed by atoms with Crippen molar-refractivity contribution in [2.45, 2.75) is 45.6 Å². The molecule has 1 amide bonds. The lowest BCUT2D eigenvalue weighted by Crippen LogP contribution is -2.27. The van der Waals surface area contributed by atoms with Crippen LogP contribution in [0.3, 0.4) is 0 Å². The van der Waals surface area contributed by atoms with Crippen molar-refractivity contribution in [3.8, 4) is 11.8 Å². The number of nitrogens with zero attached hydrogens (tertiary/aromatic N) is 7. The van der Waals surface area contributed by atoms with Crippen molar-refractivity contribution in [3.05, 3.63) is 30.9 Å². The number of nitriles is 1. The van der Waals surface area contributed by atoms with Gasteiger partial charge in [-0.05, 0) is 26.3 Å². The Kier molecular flexibility index (Phi) is 4.82. The van der Waals surface area contributed by atoms with E-state index in [4.69, 9.17) is 5.26 Å². The first-order valence-electron chi connectivity index (χ1n) is 9.68. The second-order valence-electron chi connectivity index (χ2n) is 7.42. The zero-order valence-electron chi connectivity index (χ0n) is 16.1. The fourth-order valence-corrected chi connectivity index (χ4v) is 3.07. The van der Waals surface area contributed by atoms with Crippen LogP contribution in [0.25, 0.3) is 16.6 Å². The van der Waals surface area contributed by atoms with Gasteiger partial charge in [0.1, 0.15) is 11.6 Å². The number of anilines is 1. The summed E-state index contributed by atoms with van der Waals surface area (Å²) in [6.07, 6.45) is 12.1. The van der Waals surface area contributed by atoms with Crippen LogP contribution in [0.5, 0.6) is 0 Å². The lowest BCUT2D eigenvalue weighted by atomic mass is 10.1. The Morgan fingerprint density at radius 1 is 1.25 bits per heavy atom. The standard InChI is InChI=1S/C17H17N7O.C3H6/c1-11(2)23-10-13(8-20-23)24-15-9-19-5-3-14(15)16(21-24)22-6-4-12(7-18)17(22)25;1-2-3-1/h3,5,8-12H,4,6H2,1-2H3;1-3H2. The van der Waals surface area contributed by atoms with Crippen molar-refractivity contribution in [3.63, 3.8) is 0 Å². The summed E-state index contributed by atoms with van der Waals surface area (Å²) in [5, 5.41) is 19.0. The van der Waals surface area contributed by atoms with Gasteiger partial charge in [0.2, 0.25) is 5.91 Å². The number of rotatable bonds is 3. The molecular weight excluding hydrogens is 354 g/mol. The largest absolute Gasteiger partial charge is 0.294 e. The van der Waals surface area contributed by atoms with Gasteiger partial charge in [0.25, 0.3) is 0 Å². The van der Waals surface area contributed by atoms with Crippen LogP contribution in [0.1, 0.15) is 45.6 Å². The molecular formula is C20H23N7O. The van der Waals surface area contributed by atoms with E-state index >= 15 is 0 Å². The molecule has 28 heavy (non-hydrogen) atoms. The van der Waals surface area contributed by atoms with E-state index in [1.165, 1.54) is 19.3 Å². The molecule has 0 aromatic carbocycles. The molecule has 1 aliphatic carbocycles. The molecule has 1 saturated heterocycles. The molecule has 2 fully saturated rings. The molecule has 0 N–H and O–H groups in total. The maximum absolute atomic E-state index is 12.4. The molecule has 8 nitrogen and oxygen atoms in total. The minimum atomic E-state index is -0.592. The highest BCUT2D eigenvalue weighted by Crippen LogP contribution is 2.32. The lowest BCUT2D eigenvalue weighted by Gasteiger charge is -2.12. The van der Waals surface area contributed by atoms with Gasteiger partial charge in [-0.1, -0.05) is 19.3 Å². The fourth-order valence-electron chi connectivity index (χ4n) is 3.07. The van der Waals surface area contributed by atoms with Crippen LogP contribution in [0, 0.1) is 17.2 Å². The molecule has 144 valence electrons. The molecule has 1 unspecified atom stereocenters. The van der Waals surface area contributed by atoms with Gasteiger partial charge in [-0.25, -0.2) is 4.68 Å². The van der Waals surface area contributed by atoms with Crippen LogP contribution in [0.2, 0.25) is 0 Å². The molecule has 1 saturated carbocycles. The van der Waals surface area contributed by atoms with Gasteiger partial charge in [-0.15, -0.1) is 5.10 Å². The number of fused-ring (bicyclic) bond motifs is 1. The second-order valence-corrected chi connectivity index (χ2v) is 7.42. The Hall–Kier alpha value is -3.21. The van der Waals surface area contributed by atoms with Gasteiger partial charge in [0.15, 0.2) is 5.82 Å². The van der Waals surface area contributed by atoms with Gasteiger partial charge < -0.3 is 0 Å². The summed E-state index contributed by atoms with van der Waals surface area (Å²) in [4.78, 5) is 18.2. The van der Waals surface area contributed by atoms with Gasteiger partial charge >= 0.3 is 0 Å². The first-order chi connectivity index (χ1) is 13.6. The van der Waals surface area contributed by atoms with Crippen molar-refractivity contribution in [2.24, 2.45) is 5.92 Å². The Bertz CT molecular complexity index is 1040. The molecule has 8 heteroatoms. The first kappa shape index (κ1) is 18.2. The average molecular weight is 377 g/mol. The number of carbonyl (C=O) groups excluding carboxylic acids is 1. The summed E-state index contributed by atoms with van der Waals surface area (Å²) in [6.45, 7) is 4.60. The molecule has 1 atom stereocenters. The van der Waals surface area contributed by atoms with E-state index in [0.29, 0.717) is 18.8 Å². The van der Waals surface area contributed by atoms with E-state index in [-0.39, 0.29) is 11.9 Å². The van der Waals surface area contributed by atoms with Gasteiger partial charge in [-0.2, -0.15) is 10.4 Å². The summed E-state index contributed by atoms with van der Waals surface area (Å²) >= 11 is 0. The normalized spacial score (nSPS) is 18.3. The van der Waals surface area contributed by atoms with E-state index in [1.54, 1.807) is 28.2 Å². The highest BCUT2D eigenvalue weighted by molar-refractivity contribution is 6.04. The third-order valence-corrected chi connectivity index (χ3v) is 4.80. The summed E-state index contributed by atoms with van der Waals surface area (Å²) in [5.41, 5.74) is 1.61. The number of aromatic nitrogens is 5. The van der Waals surface area contributed by atoms with E-state index in [0.717, 1.165) is 16.6 Å². The summed E-state index contributed by atoms with van der Waals surface area (Å²) < 4.78 is 3.60. The van der Waals surface area contributed by atoms with Crippen molar-refractivity contribution in [2.75, 3.05) is 11.4 Å². The quantitative estimate of drug-likeness (QED) is 0.698. The van der Waals surface area contributed by atoms with E-state index in [2.05, 4.69) is 35.1 Å². The highest BCUT2D eigenvalue weighted by atomic mass is 16.2. The molecule has 0 radical (unpaired) electrons. The average Bonchev–Trinajstić information content (AvgIpc) is 3.29. The highest BCUT2D eigenvalue weighted by Gasteiger charge is 2.35. The molecule has 4 heterocycles. The van der Waals surface area contributed by atoms with Crippen LogP contribution in [0.4, 0.5) is 5.82 Å². The number of pyridine rings is 1. The maximum Gasteiger partial charge on any atom is 0.245 e. The number of carbonyl (C=O) groups is 1. The Balaban J connectivity index is 0.000000586. The van der Waals surface area contributed by atoms with Crippen LogP contribution in [0.15, 0.2) is 30.9 Å². The number of amides is 1. The van der Waals surface area contributed by atoms with Crippen LogP contribution in [-0.4, -0.2) is 37.0 Å². The number of hydrogen-bond acceptors (Lipinski definition) is 5. The lowest BCUT2D eigenvalue weighted by molar-refractivity contribution is -0.119. The van der Waals surface area contributed by atoms with Crippen LogP contribution >= 0.6 is 0 Å². The summed E-state index contributed by atoms with van der Waals surface area (Å²) in [7, 11) is 0. The van der Waals surface area contributed by atoms with Crippen molar-refractivity contribution < 1.29 is 4.79 Å². The molecule has 3 aromatic heterocycles. The molecule has 1 aliphatic heterocycles. The monoisotopic (exact) mass is 377 g/mol. The topological polar surface area (TPSA) is 92.6 Å². The molecule has 0 bridgehead atoms. The number of hydrogen-bond donors (Lipinski definition) is 0. The van der Waals surface area contributed by atoms with E-state index in [9.17, 15) is 4.79 Å². The smallest absolute Gasteiger partial charge is 0.245 e. The predicted octanol–water partition coefficient (Wildman–Crippen LogP) is 3.24. The van der Waals surface area contributed by atoms with E-state index in [1.807, 2.05) is 16.9 Å². The zero-order valence-corrected chi connectivity index (χ0v) is 16.1. The van der Waals surface area contributed by atoms with Crippen molar-refractivity contribution in [1.82, 2.24) is 24.5 Å². The fraction of sp³-hybridized carbons (Fsp3) is 0.450. The van der Waals surface area contributed by atoms with Gasteiger partial charge in [-0.3, -0.25) is 19.4 Å². The van der Waals surface area contributed by atoms with Gasteiger partial charge in [0, 0.05) is 24.2 Å². The van der Waals surface area contributed by atoms with Crippen molar-refractivity contribution >= 4 is 22.6 Å². The first-order valence-corrected chi connectivity index (χ1v) is 9.68. The summed E-state index contributed by atoms with van der Waals surface area (Å²) in [6, 6.07) is 4.15. The minimum absolute atomic E-state index is 0.191. The predicted molar refractivity (Wildman–Crippen MR) is 105 cm³/mol. The zero-order chi connectivity index (χ0) is 19.7. The molecule has 2 aliphatic rings. The second kappa shape index (κ2) is 7.43. The molecule has 5 rings (SSSR count). The molecule has 0 spiro atoms. The van der Waals surface area contributed by atoms with Crippen molar-refractivity contribution in [1.29, 1.82) is 5.26 Å². The van der Waals surface area contributed by atoms with Crippen LogP contribution in [-0.2, 0) is 4.79 Å². The SMILES string of the molecule is C1CC1.CC(C)n1cc(-n2nc(N3CCC(C#N)C3=O)c3ccncc32)cn1. The van der Waals surface area contributed by atoms with Crippen LogP contribution < -0.4 is 4.90 Å². The Morgan fingerprint density at radius 2 is 2.04 bits per heavy atom. The maximum atomic E-state index is 12.4. The Morgan fingerprint density at radius 3 is 2.64 bits per heavy atom. The Labute approximate surface area is 163 Å². The third-order valence-electron chi connectivity index (χ3n) is 4.80. The summed E-state index contributed by atoms with van der Waals surface area (Å²) in [5.74, 6) is -0.216. The molecule has 3 aromatic rings. The minimum Gasteiger partial charge on any atom is -0.294 e. The van der Waals surface area contributed by atoms with Gasteiger partial charge in [0.05, 0.1) is 30.2 Å². The third kappa shape index (κ3) is 3.36. The van der Waals surface area contributed by atoms with E-state index < -0.39 is 5.92 Å².